The second kappa shape index (κ2) is 6.16. The van der Waals surface area contributed by atoms with Crippen LogP contribution in [0.1, 0.15) is 12.5 Å². The lowest BCUT2D eigenvalue weighted by Crippen LogP contribution is -1.94. The number of allylic oxidation sites excluding steroid dienone is 1. The third kappa shape index (κ3) is 2.87. The third-order valence-corrected chi connectivity index (χ3v) is 3.00. The van der Waals surface area contributed by atoms with Gasteiger partial charge in [0.15, 0.2) is 5.75 Å². The molecule has 0 spiro atoms. The number of halogens is 2. The van der Waals surface area contributed by atoms with Gasteiger partial charge in [-0.2, -0.15) is 10.5 Å². The van der Waals surface area contributed by atoms with Gasteiger partial charge in [0, 0.05) is 11.2 Å². The van der Waals surface area contributed by atoms with Crippen LogP contribution in [0.15, 0.2) is 17.8 Å². The number of hydrogen-bond acceptors (Lipinski definition) is 4. The fraction of sp³-hybridized carbons (Fsp3) is 0.167. The average molecular weight is 282 g/mol. The van der Waals surface area contributed by atoms with Crippen LogP contribution in [0, 0.1) is 22.7 Å². The van der Waals surface area contributed by atoms with Crippen LogP contribution in [-0.2, 0) is 6.42 Å². The van der Waals surface area contributed by atoms with Gasteiger partial charge in [0.05, 0.1) is 10.7 Å². The summed E-state index contributed by atoms with van der Waals surface area (Å²) in [6.45, 7) is 1.86. The van der Waals surface area contributed by atoms with Gasteiger partial charge in [-0.05, 0) is 18.1 Å². The van der Waals surface area contributed by atoms with E-state index < -0.39 is 0 Å². The third-order valence-electron chi connectivity index (χ3n) is 2.25. The summed E-state index contributed by atoms with van der Waals surface area (Å²) in [6, 6.07) is 4.86. The lowest BCUT2D eigenvalue weighted by Gasteiger charge is -2.11. The molecule has 4 nitrogen and oxygen atoms in total. The quantitative estimate of drug-likeness (QED) is 0.655. The Hall–Kier alpha value is -1.88. The summed E-state index contributed by atoms with van der Waals surface area (Å²) >= 11 is 12.0. The molecule has 0 amide bonds. The first-order valence-corrected chi connectivity index (χ1v) is 5.77. The van der Waals surface area contributed by atoms with Gasteiger partial charge in [-0.25, -0.2) is 0 Å². The number of anilines is 1. The summed E-state index contributed by atoms with van der Waals surface area (Å²) < 4.78 is 0. The van der Waals surface area contributed by atoms with Crippen molar-refractivity contribution in [3.63, 3.8) is 0 Å². The van der Waals surface area contributed by atoms with E-state index in [0.717, 1.165) is 0 Å². The Balaban J connectivity index is 3.18. The van der Waals surface area contributed by atoms with E-state index in [9.17, 15) is 5.11 Å². The van der Waals surface area contributed by atoms with Crippen molar-refractivity contribution in [1.82, 2.24) is 0 Å². The summed E-state index contributed by atoms with van der Waals surface area (Å²) in [5.74, 6) is -0.163. The van der Waals surface area contributed by atoms with E-state index in [2.05, 4.69) is 5.32 Å². The van der Waals surface area contributed by atoms with Gasteiger partial charge < -0.3 is 10.4 Å². The summed E-state index contributed by atoms with van der Waals surface area (Å²) in [5.41, 5.74) is 0.762. The largest absolute Gasteiger partial charge is 0.504 e. The van der Waals surface area contributed by atoms with Gasteiger partial charge in [-0.15, -0.1) is 0 Å². The van der Waals surface area contributed by atoms with Crippen molar-refractivity contribution in [2.75, 3.05) is 5.32 Å². The first-order valence-electron chi connectivity index (χ1n) is 5.01. The molecule has 0 aliphatic heterocycles. The molecular weight excluding hydrogens is 273 g/mol. The van der Waals surface area contributed by atoms with Crippen molar-refractivity contribution in [3.8, 4) is 17.9 Å². The zero-order chi connectivity index (χ0) is 13.7. The number of aromatic hydroxyl groups is 1. The summed E-state index contributed by atoms with van der Waals surface area (Å²) in [7, 11) is 0. The molecule has 92 valence electrons. The smallest absolute Gasteiger partial charge is 0.158 e. The van der Waals surface area contributed by atoms with Crippen LogP contribution >= 0.6 is 23.2 Å². The molecule has 2 N–H and O–H groups in total. The van der Waals surface area contributed by atoms with Gasteiger partial charge in [0.25, 0.3) is 0 Å². The van der Waals surface area contributed by atoms with Crippen molar-refractivity contribution in [2.45, 2.75) is 13.3 Å². The highest BCUT2D eigenvalue weighted by Crippen LogP contribution is 2.39. The molecular formula is C12H9Cl2N3O. The molecule has 0 fully saturated rings. The van der Waals surface area contributed by atoms with E-state index in [-0.39, 0.29) is 22.0 Å². The zero-order valence-electron chi connectivity index (χ0n) is 9.46. The molecule has 0 radical (unpaired) electrons. The molecule has 1 rings (SSSR count). The summed E-state index contributed by atoms with van der Waals surface area (Å²) in [4.78, 5) is 0. The Kier molecular flexibility index (Phi) is 4.85. The van der Waals surface area contributed by atoms with E-state index in [1.807, 2.05) is 6.92 Å². The molecule has 0 bridgehead atoms. The highest BCUT2D eigenvalue weighted by molar-refractivity contribution is 6.37. The number of benzene rings is 1. The van der Waals surface area contributed by atoms with Crippen LogP contribution < -0.4 is 5.32 Å². The van der Waals surface area contributed by atoms with E-state index in [1.54, 1.807) is 12.1 Å². The van der Waals surface area contributed by atoms with Crippen molar-refractivity contribution in [2.24, 2.45) is 0 Å². The maximum Gasteiger partial charge on any atom is 0.158 e. The lowest BCUT2D eigenvalue weighted by atomic mass is 10.1. The van der Waals surface area contributed by atoms with Crippen molar-refractivity contribution in [3.05, 3.63) is 33.4 Å². The first-order chi connectivity index (χ1) is 8.54. The second-order valence-corrected chi connectivity index (χ2v) is 4.11. The van der Waals surface area contributed by atoms with Crippen LogP contribution in [0.2, 0.25) is 10.0 Å². The Morgan fingerprint density at radius 3 is 2.56 bits per heavy atom. The number of nitrogens with zero attached hydrogens (tertiary/aromatic N) is 2. The van der Waals surface area contributed by atoms with Gasteiger partial charge in [-0.1, -0.05) is 30.1 Å². The standard InChI is InChI=1S/C12H9Cl2N3O/c1-2-8-9(13)3-10(12(18)11(8)14)17-6-7(4-15)5-16/h3,6,17-18H,2H2,1H3. The summed E-state index contributed by atoms with van der Waals surface area (Å²) in [6.07, 6.45) is 1.76. The second-order valence-electron chi connectivity index (χ2n) is 3.33. The molecule has 1 aromatic rings. The van der Waals surface area contributed by atoms with Crippen molar-refractivity contribution in [1.29, 1.82) is 10.5 Å². The van der Waals surface area contributed by atoms with Crippen LogP contribution in [0.4, 0.5) is 5.69 Å². The molecule has 1 aromatic carbocycles. The number of phenols is 1. The van der Waals surface area contributed by atoms with E-state index in [4.69, 9.17) is 33.7 Å². The van der Waals surface area contributed by atoms with Gasteiger partial charge in [-0.3, -0.25) is 0 Å². The Morgan fingerprint density at radius 1 is 1.44 bits per heavy atom. The average Bonchev–Trinajstić information content (AvgIpc) is 2.37. The molecule has 0 aliphatic rings. The molecule has 0 saturated heterocycles. The van der Waals surface area contributed by atoms with Gasteiger partial charge in [0.2, 0.25) is 0 Å². The Morgan fingerprint density at radius 2 is 2.06 bits per heavy atom. The molecule has 0 saturated carbocycles. The maximum atomic E-state index is 9.84. The fourth-order valence-electron chi connectivity index (χ4n) is 1.32. The van der Waals surface area contributed by atoms with Crippen LogP contribution in [-0.4, -0.2) is 5.11 Å². The molecule has 6 heteroatoms. The van der Waals surface area contributed by atoms with Gasteiger partial charge >= 0.3 is 0 Å². The zero-order valence-corrected chi connectivity index (χ0v) is 11.0. The maximum absolute atomic E-state index is 9.84. The number of phenolic OH excluding ortho intramolecular Hbond substituents is 1. The van der Waals surface area contributed by atoms with E-state index >= 15 is 0 Å². The predicted octanol–water partition coefficient (Wildman–Crippen LogP) is 3.60. The first kappa shape index (κ1) is 14.2. The molecule has 0 unspecified atom stereocenters. The minimum absolute atomic E-state index is 0.124. The fourth-order valence-corrected chi connectivity index (χ4v) is 2.04. The topological polar surface area (TPSA) is 79.8 Å². The predicted molar refractivity (Wildman–Crippen MR) is 70.4 cm³/mol. The van der Waals surface area contributed by atoms with Crippen molar-refractivity contribution >= 4 is 28.9 Å². The molecule has 0 aliphatic carbocycles. The number of nitriles is 2. The monoisotopic (exact) mass is 281 g/mol. The molecule has 0 atom stereocenters. The SMILES string of the molecule is CCc1c(Cl)cc(NC=C(C#N)C#N)c(O)c1Cl. The summed E-state index contributed by atoms with van der Waals surface area (Å²) in [5, 5.41) is 30.2. The van der Waals surface area contributed by atoms with Crippen LogP contribution in [0.3, 0.4) is 0 Å². The molecule has 18 heavy (non-hydrogen) atoms. The lowest BCUT2D eigenvalue weighted by molar-refractivity contribution is 0.477. The highest BCUT2D eigenvalue weighted by Gasteiger charge is 2.13. The van der Waals surface area contributed by atoms with Crippen LogP contribution in [0.5, 0.6) is 5.75 Å². The van der Waals surface area contributed by atoms with Crippen molar-refractivity contribution < 1.29 is 5.11 Å². The Bertz CT molecular complexity index is 566. The number of rotatable bonds is 3. The normalized spacial score (nSPS) is 9.17. The number of hydrogen-bond donors (Lipinski definition) is 2. The molecule has 0 aromatic heterocycles. The van der Waals surface area contributed by atoms with E-state index in [0.29, 0.717) is 17.0 Å². The molecule has 0 heterocycles. The minimum atomic E-state index is -0.163. The van der Waals surface area contributed by atoms with Gasteiger partial charge in [0.1, 0.15) is 17.7 Å². The highest BCUT2D eigenvalue weighted by atomic mass is 35.5. The Labute approximate surface area is 115 Å². The van der Waals surface area contributed by atoms with Crippen LogP contribution in [0.25, 0.3) is 0 Å². The minimum Gasteiger partial charge on any atom is -0.504 e. The van der Waals surface area contributed by atoms with E-state index in [1.165, 1.54) is 12.3 Å². The number of nitrogens with one attached hydrogen (secondary N) is 1.